The Morgan fingerprint density at radius 1 is 1.08 bits per heavy atom. The van der Waals surface area contributed by atoms with Crippen LogP contribution in [-0.2, 0) is 13.1 Å². The van der Waals surface area contributed by atoms with E-state index in [4.69, 9.17) is 20.3 Å². The second-order valence-electron chi connectivity index (χ2n) is 5.65. The predicted octanol–water partition coefficient (Wildman–Crippen LogP) is 5.81. The number of alkyl halides is 2. The predicted molar refractivity (Wildman–Crippen MR) is 104 cm³/mol. The molecule has 1 fully saturated rings. The zero-order valence-electron chi connectivity index (χ0n) is 17.0. The van der Waals surface area contributed by atoms with Crippen molar-refractivity contribution in [1.29, 1.82) is 0 Å². The zero-order valence-corrected chi connectivity index (χ0v) is 17.0. The van der Waals surface area contributed by atoms with Crippen LogP contribution in [0.1, 0.15) is 63.4 Å². The van der Waals surface area contributed by atoms with Crippen molar-refractivity contribution in [3.8, 4) is 0 Å². The first-order valence-corrected chi connectivity index (χ1v) is 9.06. The molecule has 0 spiro atoms. The van der Waals surface area contributed by atoms with Gasteiger partial charge in [0.05, 0.1) is 19.4 Å². The molecule has 152 valence electrons. The minimum Gasteiger partial charge on any atom is -0.468 e. The van der Waals surface area contributed by atoms with Crippen molar-refractivity contribution in [2.45, 2.75) is 73.9 Å². The Bertz CT molecular complexity index is 533. The van der Waals surface area contributed by atoms with Crippen LogP contribution in [0, 0.1) is 19.8 Å². The van der Waals surface area contributed by atoms with Crippen LogP contribution >= 0.6 is 0 Å². The van der Waals surface area contributed by atoms with Gasteiger partial charge in [-0.15, -0.1) is 0 Å². The molecule has 2 aromatic heterocycles. The molecule has 0 aliphatic heterocycles. The van der Waals surface area contributed by atoms with Crippen molar-refractivity contribution in [2.75, 3.05) is 0 Å². The Labute approximate surface area is 156 Å². The molecule has 1 aliphatic carbocycles. The molecule has 1 aliphatic rings. The Morgan fingerprint density at radius 3 is 1.73 bits per heavy atom. The quantitative estimate of drug-likeness (QED) is 0.695. The third-order valence-electron chi connectivity index (χ3n) is 3.02. The van der Waals surface area contributed by atoms with Crippen molar-refractivity contribution in [3.63, 3.8) is 0 Å². The monoisotopic (exact) mass is 374 g/mol. The van der Waals surface area contributed by atoms with E-state index in [0.29, 0.717) is 13.1 Å². The number of rotatable bonds is 2. The maximum absolute atomic E-state index is 10.3. The summed E-state index contributed by atoms with van der Waals surface area (Å²) >= 11 is 0. The smallest absolute Gasteiger partial charge is 0.235 e. The standard InChI is InChI=1S/2C6H9NO.C4H8.C2H4F2.C2H6/c1-5-2-3-8-6(5)4-7;1-5-2-3-6(4-7)8-5;1-4-2-3-4;1-2(3)4;1-2/h2*2-3H,4,7H2,1H3;4H,2-3H2,1H3;2H,1H3;1-2H3. The van der Waals surface area contributed by atoms with E-state index in [2.05, 4.69) is 6.92 Å². The maximum Gasteiger partial charge on any atom is 0.235 e. The molecule has 6 heteroatoms. The van der Waals surface area contributed by atoms with E-state index in [1.807, 2.05) is 45.9 Å². The minimum absolute atomic E-state index is 0.494. The summed E-state index contributed by atoms with van der Waals surface area (Å²) < 4.78 is 30.8. The van der Waals surface area contributed by atoms with Crippen LogP contribution < -0.4 is 11.5 Å². The van der Waals surface area contributed by atoms with Gasteiger partial charge in [0.2, 0.25) is 6.43 Å². The van der Waals surface area contributed by atoms with Crippen LogP contribution in [0.25, 0.3) is 0 Å². The lowest BCUT2D eigenvalue weighted by atomic mass is 10.3. The van der Waals surface area contributed by atoms with E-state index < -0.39 is 6.43 Å². The van der Waals surface area contributed by atoms with Crippen LogP contribution in [0.5, 0.6) is 0 Å². The summed E-state index contributed by atoms with van der Waals surface area (Å²) in [7, 11) is 0. The first-order valence-electron chi connectivity index (χ1n) is 9.06. The molecule has 0 aromatic carbocycles. The molecule has 26 heavy (non-hydrogen) atoms. The topological polar surface area (TPSA) is 78.3 Å². The van der Waals surface area contributed by atoms with Gasteiger partial charge in [0.1, 0.15) is 17.3 Å². The van der Waals surface area contributed by atoms with Gasteiger partial charge in [0.15, 0.2) is 0 Å². The van der Waals surface area contributed by atoms with Crippen molar-refractivity contribution in [2.24, 2.45) is 17.4 Å². The second kappa shape index (κ2) is 16.8. The summed E-state index contributed by atoms with van der Waals surface area (Å²) in [6, 6.07) is 5.69. The third-order valence-corrected chi connectivity index (χ3v) is 3.02. The molecule has 4 nitrogen and oxygen atoms in total. The molecule has 0 radical (unpaired) electrons. The third kappa shape index (κ3) is 17.2. The first-order chi connectivity index (χ1) is 12.3. The van der Waals surface area contributed by atoms with Gasteiger partial charge < -0.3 is 20.3 Å². The summed E-state index contributed by atoms with van der Waals surface area (Å²) in [5.41, 5.74) is 11.7. The first kappa shape index (κ1) is 26.6. The van der Waals surface area contributed by atoms with Crippen LogP contribution in [0.4, 0.5) is 8.78 Å². The summed E-state index contributed by atoms with van der Waals surface area (Å²) in [4.78, 5) is 0. The average Bonchev–Trinajstić information content (AvgIpc) is 3.10. The second-order valence-corrected chi connectivity index (χ2v) is 5.65. The normalized spacial score (nSPS) is 11.7. The Balaban J connectivity index is 0. The van der Waals surface area contributed by atoms with Gasteiger partial charge in [-0.25, -0.2) is 8.78 Å². The highest BCUT2D eigenvalue weighted by atomic mass is 19.3. The molecule has 0 atom stereocenters. The van der Waals surface area contributed by atoms with E-state index in [-0.39, 0.29) is 0 Å². The van der Waals surface area contributed by atoms with Crippen molar-refractivity contribution in [1.82, 2.24) is 0 Å². The fourth-order valence-electron chi connectivity index (χ4n) is 1.37. The Kier molecular flexibility index (Phi) is 17.2. The molecular weight excluding hydrogens is 338 g/mol. The van der Waals surface area contributed by atoms with E-state index >= 15 is 0 Å². The van der Waals surface area contributed by atoms with Crippen molar-refractivity contribution in [3.05, 3.63) is 47.3 Å². The van der Waals surface area contributed by atoms with Gasteiger partial charge in [-0.3, -0.25) is 0 Å². The van der Waals surface area contributed by atoms with Crippen molar-refractivity contribution < 1.29 is 17.6 Å². The van der Waals surface area contributed by atoms with E-state index in [1.54, 1.807) is 6.26 Å². The van der Waals surface area contributed by atoms with E-state index in [9.17, 15) is 8.78 Å². The van der Waals surface area contributed by atoms with Gasteiger partial charge in [0, 0.05) is 0 Å². The molecule has 0 bridgehead atoms. The van der Waals surface area contributed by atoms with Crippen LogP contribution in [-0.4, -0.2) is 6.43 Å². The maximum atomic E-state index is 10.3. The summed E-state index contributed by atoms with van der Waals surface area (Å²) in [6.07, 6.45) is 2.46. The van der Waals surface area contributed by atoms with Crippen LogP contribution in [0.2, 0.25) is 0 Å². The summed E-state index contributed by atoms with van der Waals surface area (Å²) in [5.74, 6) is 3.73. The molecule has 1 saturated carbocycles. The van der Waals surface area contributed by atoms with Crippen LogP contribution in [0.15, 0.2) is 33.3 Å². The molecule has 4 N–H and O–H groups in total. The summed E-state index contributed by atoms with van der Waals surface area (Å²) in [6.45, 7) is 12.0. The zero-order chi connectivity index (χ0) is 20.5. The lowest BCUT2D eigenvalue weighted by molar-refractivity contribution is 0.171. The fourth-order valence-corrected chi connectivity index (χ4v) is 1.37. The molecule has 0 amide bonds. The summed E-state index contributed by atoms with van der Waals surface area (Å²) in [5, 5.41) is 0. The lowest BCUT2D eigenvalue weighted by Gasteiger charge is -1.87. The number of nitrogens with two attached hydrogens (primary N) is 2. The Morgan fingerprint density at radius 2 is 1.58 bits per heavy atom. The number of furan rings is 2. The van der Waals surface area contributed by atoms with Gasteiger partial charge in [-0.2, -0.15) is 0 Å². The Hall–Kier alpha value is -1.66. The minimum atomic E-state index is -2.17. The van der Waals surface area contributed by atoms with E-state index in [1.165, 1.54) is 12.8 Å². The van der Waals surface area contributed by atoms with Gasteiger partial charge in [-0.05, 0) is 50.5 Å². The number of hydrogen-bond donors (Lipinski definition) is 2. The van der Waals surface area contributed by atoms with Gasteiger partial charge >= 0.3 is 0 Å². The average molecular weight is 375 g/mol. The molecule has 2 aromatic rings. The van der Waals surface area contributed by atoms with Crippen LogP contribution in [0.3, 0.4) is 0 Å². The number of halogens is 2. The highest BCUT2D eigenvalue weighted by Crippen LogP contribution is 2.26. The molecule has 0 unspecified atom stereocenters. The molecular formula is C20H36F2N2O2. The molecule has 2 heterocycles. The molecule has 3 rings (SSSR count). The largest absolute Gasteiger partial charge is 0.468 e. The highest BCUT2D eigenvalue weighted by Gasteiger charge is 2.12. The van der Waals surface area contributed by atoms with E-state index in [0.717, 1.165) is 35.7 Å². The number of aryl methyl sites for hydroxylation is 2. The number of hydrogen-bond acceptors (Lipinski definition) is 4. The fraction of sp³-hybridized carbons (Fsp3) is 0.600. The molecule has 0 saturated heterocycles. The lowest BCUT2D eigenvalue weighted by Crippen LogP contribution is -1.94. The highest BCUT2D eigenvalue weighted by molar-refractivity contribution is 5.13. The van der Waals surface area contributed by atoms with Crippen molar-refractivity contribution >= 4 is 0 Å². The SMILES string of the molecule is CC.CC(F)F.CC1CC1.Cc1ccc(CN)o1.Cc1ccoc1CN. The van der Waals surface area contributed by atoms with Gasteiger partial charge in [0.25, 0.3) is 0 Å². The van der Waals surface area contributed by atoms with Gasteiger partial charge in [-0.1, -0.05) is 33.6 Å².